The maximum atomic E-state index is 6.44. The highest BCUT2D eigenvalue weighted by Gasteiger charge is 2.20. The summed E-state index contributed by atoms with van der Waals surface area (Å²) in [6.07, 6.45) is 0. The number of benzene rings is 1. The highest BCUT2D eigenvalue weighted by atomic mass is 79.9. The molecule has 0 saturated carbocycles. The van der Waals surface area contributed by atoms with Crippen molar-refractivity contribution in [2.24, 2.45) is 0 Å². The van der Waals surface area contributed by atoms with Crippen molar-refractivity contribution in [3.63, 3.8) is 0 Å². The molecular formula is C16H18BrClO2S. The number of halogens is 2. The summed E-state index contributed by atoms with van der Waals surface area (Å²) in [4.78, 5) is 1.31. The predicted molar refractivity (Wildman–Crippen MR) is 93.6 cm³/mol. The molecule has 0 amide bonds. The van der Waals surface area contributed by atoms with E-state index >= 15 is 0 Å². The molecule has 0 bridgehead atoms. The molecule has 1 aromatic heterocycles. The third-order valence-electron chi connectivity index (χ3n) is 3.07. The van der Waals surface area contributed by atoms with E-state index in [1.807, 2.05) is 26.0 Å². The van der Waals surface area contributed by atoms with Crippen molar-refractivity contribution in [1.82, 2.24) is 0 Å². The van der Waals surface area contributed by atoms with Crippen LogP contribution in [0.2, 0.25) is 5.02 Å². The quantitative estimate of drug-likeness (QED) is 0.565. The van der Waals surface area contributed by atoms with Crippen molar-refractivity contribution in [3.05, 3.63) is 44.6 Å². The van der Waals surface area contributed by atoms with Crippen LogP contribution in [0.15, 0.2) is 23.6 Å². The Labute approximate surface area is 143 Å². The summed E-state index contributed by atoms with van der Waals surface area (Å²) in [5.74, 6) is 1.42. The van der Waals surface area contributed by atoms with E-state index < -0.39 is 0 Å². The first kappa shape index (κ1) is 16.7. The van der Waals surface area contributed by atoms with Gasteiger partial charge in [-0.2, -0.15) is 0 Å². The van der Waals surface area contributed by atoms with E-state index in [0.717, 1.165) is 11.3 Å². The SMILES string of the molecule is CCOc1cc(Cl)c(C(Br)c2sccc2C)cc1OCC. The Morgan fingerprint density at radius 2 is 1.81 bits per heavy atom. The van der Waals surface area contributed by atoms with Gasteiger partial charge in [0, 0.05) is 16.0 Å². The smallest absolute Gasteiger partial charge is 0.162 e. The first-order valence-corrected chi connectivity index (χ1v) is 9.02. The first-order valence-electron chi connectivity index (χ1n) is 6.85. The largest absolute Gasteiger partial charge is 0.490 e. The van der Waals surface area contributed by atoms with Gasteiger partial charge in [0.15, 0.2) is 11.5 Å². The van der Waals surface area contributed by atoms with Gasteiger partial charge in [-0.25, -0.2) is 0 Å². The van der Waals surface area contributed by atoms with Gasteiger partial charge in [-0.15, -0.1) is 11.3 Å². The fraction of sp³-hybridized carbons (Fsp3) is 0.375. The molecule has 0 radical (unpaired) electrons. The molecule has 0 aliphatic rings. The minimum Gasteiger partial charge on any atom is -0.490 e. The minimum absolute atomic E-state index is 0.0554. The Bertz CT molecular complexity index is 612. The highest BCUT2D eigenvalue weighted by molar-refractivity contribution is 9.09. The van der Waals surface area contributed by atoms with Gasteiger partial charge in [-0.3, -0.25) is 0 Å². The molecule has 0 aliphatic heterocycles. The highest BCUT2D eigenvalue weighted by Crippen LogP contribution is 2.43. The Morgan fingerprint density at radius 1 is 1.19 bits per heavy atom. The monoisotopic (exact) mass is 388 g/mol. The number of rotatable bonds is 6. The molecule has 0 fully saturated rings. The number of alkyl halides is 1. The van der Waals surface area contributed by atoms with E-state index in [1.165, 1.54) is 10.4 Å². The van der Waals surface area contributed by atoms with Crippen LogP contribution in [0.1, 0.15) is 34.7 Å². The molecule has 0 saturated heterocycles. The van der Waals surface area contributed by atoms with Gasteiger partial charge < -0.3 is 9.47 Å². The van der Waals surface area contributed by atoms with Crippen LogP contribution in [-0.4, -0.2) is 13.2 Å². The van der Waals surface area contributed by atoms with E-state index in [9.17, 15) is 0 Å². The lowest BCUT2D eigenvalue weighted by Crippen LogP contribution is -2.01. The van der Waals surface area contributed by atoms with Gasteiger partial charge in [-0.1, -0.05) is 27.5 Å². The van der Waals surface area contributed by atoms with Crippen LogP contribution in [0.4, 0.5) is 0 Å². The van der Waals surface area contributed by atoms with E-state index in [1.54, 1.807) is 11.3 Å². The van der Waals surface area contributed by atoms with Crippen molar-refractivity contribution >= 4 is 38.9 Å². The van der Waals surface area contributed by atoms with Crippen LogP contribution in [0.5, 0.6) is 11.5 Å². The predicted octanol–water partition coefficient (Wildman–Crippen LogP) is 5.99. The van der Waals surface area contributed by atoms with E-state index in [-0.39, 0.29) is 4.83 Å². The Morgan fingerprint density at radius 3 is 2.33 bits per heavy atom. The zero-order valence-corrected chi connectivity index (χ0v) is 15.4. The molecule has 21 heavy (non-hydrogen) atoms. The third-order valence-corrected chi connectivity index (χ3v) is 5.73. The number of thiophene rings is 1. The van der Waals surface area contributed by atoms with Gasteiger partial charge in [0.25, 0.3) is 0 Å². The van der Waals surface area contributed by atoms with Crippen LogP contribution < -0.4 is 9.47 Å². The van der Waals surface area contributed by atoms with Gasteiger partial charge in [0.2, 0.25) is 0 Å². The van der Waals surface area contributed by atoms with Gasteiger partial charge in [-0.05, 0) is 49.4 Å². The van der Waals surface area contributed by atoms with E-state index in [0.29, 0.717) is 24.0 Å². The maximum Gasteiger partial charge on any atom is 0.162 e. The molecular weight excluding hydrogens is 372 g/mol. The molecule has 5 heteroatoms. The lowest BCUT2D eigenvalue weighted by atomic mass is 10.1. The molecule has 114 valence electrons. The summed E-state index contributed by atoms with van der Waals surface area (Å²) in [6, 6.07) is 5.91. The molecule has 0 spiro atoms. The van der Waals surface area contributed by atoms with Crippen molar-refractivity contribution in [2.45, 2.75) is 25.6 Å². The molecule has 2 rings (SSSR count). The summed E-state index contributed by atoms with van der Waals surface area (Å²) in [5.41, 5.74) is 2.25. The summed E-state index contributed by atoms with van der Waals surface area (Å²) < 4.78 is 11.3. The standard InChI is InChI=1S/C16H18BrClO2S/c1-4-19-13-8-11(12(18)9-14(13)20-5-2)15(17)16-10(3)6-7-21-16/h6-9,15H,4-5H2,1-3H3. The summed E-state index contributed by atoms with van der Waals surface area (Å²) in [5, 5.41) is 2.77. The van der Waals surface area contributed by atoms with Gasteiger partial charge in [0.1, 0.15) is 0 Å². The van der Waals surface area contributed by atoms with E-state index in [4.69, 9.17) is 21.1 Å². The van der Waals surface area contributed by atoms with Gasteiger partial charge >= 0.3 is 0 Å². The second-order valence-corrected chi connectivity index (χ2v) is 6.79. The number of aryl methyl sites for hydroxylation is 1. The minimum atomic E-state index is 0.0554. The zero-order valence-electron chi connectivity index (χ0n) is 12.3. The molecule has 2 aromatic rings. The second-order valence-electron chi connectivity index (χ2n) is 4.52. The average Bonchev–Trinajstić information content (AvgIpc) is 2.87. The topological polar surface area (TPSA) is 18.5 Å². The molecule has 2 nitrogen and oxygen atoms in total. The number of hydrogen-bond acceptors (Lipinski definition) is 3. The van der Waals surface area contributed by atoms with Crippen molar-refractivity contribution in [2.75, 3.05) is 13.2 Å². The fourth-order valence-electron chi connectivity index (χ4n) is 2.07. The third kappa shape index (κ3) is 3.74. The van der Waals surface area contributed by atoms with Crippen molar-refractivity contribution < 1.29 is 9.47 Å². The summed E-state index contributed by atoms with van der Waals surface area (Å²) >= 11 is 11.9. The lowest BCUT2D eigenvalue weighted by molar-refractivity contribution is 0.287. The zero-order chi connectivity index (χ0) is 15.4. The molecule has 0 N–H and O–H groups in total. The fourth-order valence-corrected chi connectivity index (χ4v) is 4.44. The van der Waals surface area contributed by atoms with E-state index in [2.05, 4.69) is 34.3 Å². The molecule has 0 aliphatic carbocycles. The Balaban J connectivity index is 2.44. The maximum absolute atomic E-state index is 6.44. The Hall–Kier alpha value is -0.710. The van der Waals surface area contributed by atoms with Crippen molar-refractivity contribution in [3.8, 4) is 11.5 Å². The number of ether oxygens (including phenoxy) is 2. The summed E-state index contributed by atoms with van der Waals surface area (Å²) in [7, 11) is 0. The number of hydrogen-bond donors (Lipinski definition) is 0. The van der Waals surface area contributed by atoms with Gasteiger partial charge in [0.05, 0.1) is 18.0 Å². The van der Waals surface area contributed by atoms with Crippen LogP contribution >= 0.6 is 38.9 Å². The summed E-state index contributed by atoms with van der Waals surface area (Å²) in [6.45, 7) is 7.18. The molecule has 1 unspecified atom stereocenters. The normalized spacial score (nSPS) is 12.2. The van der Waals surface area contributed by atoms with Crippen molar-refractivity contribution in [1.29, 1.82) is 0 Å². The van der Waals surface area contributed by atoms with Crippen LogP contribution in [0, 0.1) is 6.92 Å². The Kier molecular flexibility index (Phi) is 5.97. The first-order chi connectivity index (χ1) is 10.1. The second kappa shape index (κ2) is 7.52. The van der Waals surface area contributed by atoms with Crippen LogP contribution in [-0.2, 0) is 0 Å². The molecule has 1 atom stereocenters. The molecule has 1 aromatic carbocycles. The molecule has 1 heterocycles. The van der Waals surface area contributed by atoms with Crippen LogP contribution in [0.25, 0.3) is 0 Å². The lowest BCUT2D eigenvalue weighted by Gasteiger charge is -2.17. The van der Waals surface area contributed by atoms with Crippen LogP contribution in [0.3, 0.4) is 0 Å². The average molecular weight is 390 g/mol.